The summed E-state index contributed by atoms with van der Waals surface area (Å²) in [6, 6.07) is 4.27. The van der Waals surface area contributed by atoms with Gasteiger partial charge in [-0.1, -0.05) is 32.0 Å². The molecular weight excluding hydrogens is 283 g/mol. The standard InChI is InChI=1S/C14H16F3N3O/c1-9(2)13(21)12(20-8-18-7-19-20)10-5-3-4-6-11(10)14(15,16)17/h3-9,12-13,21H,1-2H3. The number of benzene rings is 1. The number of hydrogen-bond acceptors (Lipinski definition) is 3. The summed E-state index contributed by atoms with van der Waals surface area (Å²) in [6.07, 6.45) is -2.97. The highest BCUT2D eigenvalue weighted by atomic mass is 19.4. The lowest BCUT2D eigenvalue weighted by Crippen LogP contribution is -2.31. The van der Waals surface area contributed by atoms with E-state index >= 15 is 0 Å². The van der Waals surface area contributed by atoms with E-state index in [4.69, 9.17) is 0 Å². The number of alkyl halides is 3. The lowest BCUT2D eigenvalue weighted by atomic mass is 9.90. The van der Waals surface area contributed by atoms with Crippen LogP contribution in [0.25, 0.3) is 0 Å². The molecule has 2 unspecified atom stereocenters. The largest absolute Gasteiger partial charge is 0.416 e. The maximum atomic E-state index is 13.2. The number of rotatable bonds is 4. The predicted octanol–water partition coefficient (Wildman–Crippen LogP) is 2.90. The lowest BCUT2D eigenvalue weighted by Gasteiger charge is -2.28. The first-order valence-electron chi connectivity index (χ1n) is 6.50. The number of aliphatic hydroxyl groups is 1. The minimum atomic E-state index is -4.49. The van der Waals surface area contributed by atoms with Gasteiger partial charge in [0.2, 0.25) is 0 Å². The predicted molar refractivity (Wildman–Crippen MR) is 70.4 cm³/mol. The lowest BCUT2D eigenvalue weighted by molar-refractivity contribution is -0.138. The van der Waals surface area contributed by atoms with E-state index in [9.17, 15) is 18.3 Å². The average molecular weight is 299 g/mol. The maximum Gasteiger partial charge on any atom is 0.416 e. The Labute approximate surface area is 120 Å². The normalized spacial score (nSPS) is 15.2. The van der Waals surface area contributed by atoms with Crippen molar-refractivity contribution in [3.8, 4) is 0 Å². The molecule has 0 aliphatic rings. The van der Waals surface area contributed by atoms with Crippen LogP contribution in [0.15, 0.2) is 36.9 Å². The highest BCUT2D eigenvalue weighted by molar-refractivity contribution is 5.33. The molecule has 0 saturated carbocycles. The van der Waals surface area contributed by atoms with Gasteiger partial charge in [-0.25, -0.2) is 9.67 Å². The monoisotopic (exact) mass is 299 g/mol. The van der Waals surface area contributed by atoms with Gasteiger partial charge in [-0.15, -0.1) is 0 Å². The molecule has 4 nitrogen and oxygen atoms in total. The molecule has 2 aromatic rings. The third-order valence-electron chi connectivity index (χ3n) is 3.31. The summed E-state index contributed by atoms with van der Waals surface area (Å²) in [5, 5.41) is 14.2. The second kappa shape index (κ2) is 5.85. The molecule has 2 atom stereocenters. The van der Waals surface area contributed by atoms with Crippen molar-refractivity contribution in [2.24, 2.45) is 5.92 Å². The van der Waals surface area contributed by atoms with Crippen LogP contribution in [0.1, 0.15) is 31.0 Å². The molecule has 7 heteroatoms. The first-order chi connectivity index (χ1) is 9.82. The van der Waals surface area contributed by atoms with Crippen LogP contribution in [0.2, 0.25) is 0 Å². The maximum absolute atomic E-state index is 13.2. The molecule has 1 aromatic carbocycles. The zero-order chi connectivity index (χ0) is 15.6. The fraction of sp³-hybridized carbons (Fsp3) is 0.429. The van der Waals surface area contributed by atoms with Gasteiger partial charge in [0.25, 0.3) is 0 Å². The molecule has 114 valence electrons. The summed E-state index contributed by atoms with van der Waals surface area (Å²) >= 11 is 0. The van der Waals surface area contributed by atoms with Crippen molar-refractivity contribution in [1.29, 1.82) is 0 Å². The van der Waals surface area contributed by atoms with E-state index in [1.807, 2.05) is 0 Å². The number of aromatic nitrogens is 3. The van der Waals surface area contributed by atoms with Crippen LogP contribution in [0.4, 0.5) is 13.2 Å². The molecule has 0 bridgehead atoms. The summed E-state index contributed by atoms with van der Waals surface area (Å²) in [6.45, 7) is 3.48. The van der Waals surface area contributed by atoms with Crippen molar-refractivity contribution in [2.45, 2.75) is 32.2 Å². The summed E-state index contributed by atoms with van der Waals surface area (Å²) < 4.78 is 40.8. The van der Waals surface area contributed by atoms with Gasteiger partial charge in [-0.05, 0) is 17.5 Å². The van der Waals surface area contributed by atoms with E-state index in [2.05, 4.69) is 10.1 Å². The topological polar surface area (TPSA) is 50.9 Å². The van der Waals surface area contributed by atoms with Crippen molar-refractivity contribution >= 4 is 0 Å². The average Bonchev–Trinajstić information content (AvgIpc) is 2.92. The first-order valence-corrected chi connectivity index (χ1v) is 6.50. The molecule has 2 rings (SSSR count). The Balaban J connectivity index is 2.58. The van der Waals surface area contributed by atoms with Gasteiger partial charge in [-0.3, -0.25) is 0 Å². The van der Waals surface area contributed by atoms with E-state index in [0.717, 1.165) is 6.07 Å². The van der Waals surface area contributed by atoms with Crippen molar-refractivity contribution in [3.05, 3.63) is 48.0 Å². The Bertz CT molecular complexity index is 581. The summed E-state index contributed by atoms with van der Waals surface area (Å²) in [4.78, 5) is 3.76. The summed E-state index contributed by atoms with van der Waals surface area (Å²) in [5.41, 5.74) is -0.790. The van der Waals surface area contributed by atoms with Crippen molar-refractivity contribution in [3.63, 3.8) is 0 Å². The van der Waals surface area contributed by atoms with Crippen LogP contribution < -0.4 is 0 Å². The highest BCUT2D eigenvalue weighted by Crippen LogP contribution is 2.37. The number of hydrogen-bond donors (Lipinski definition) is 1. The van der Waals surface area contributed by atoms with Crippen molar-refractivity contribution < 1.29 is 18.3 Å². The second-order valence-corrected chi connectivity index (χ2v) is 5.14. The second-order valence-electron chi connectivity index (χ2n) is 5.14. The minimum absolute atomic E-state index is 0.0169. The first kappa shape index (κ1) is 15.5. The Morgan fingerprint density at radius 1 is 1.19 bits per heavy atom. The smallest absolute Gasteiger partial charge is 0.390 e. The quantitative estimate of drug-likeness (QED) is 0.944. The Morgan fingerprint density at radius 3 is 2.38 bits per heavy atom. The molecular formula is C14H16F3N3O. The molecule has 21 heavy (non-hydrogen) atoms. The fourth-order valence-corrected chi connectivity index (χ4v) is 2.22. The Hall–Kier alpha value is -1.89. The molecule has 0 fully saturated rings. The molecule has 0 aliphatic heterocycles. The molecule has 0 amide bonds. The van der Waals surface area contributed by atoms with Crippen LogP contribution >= 0.6 is 0 Å². The Kier molecular flexibility index (Phi) is 4.32. The molecule has 1 heterocycles. The van der Waals surface area contributed by atoms with Gasteiger partial charge >= 0.3 is 6.18 Å². The van der Waals surface area contributed by atoms with Gasteiger partial charge in [-0.2, -0.15) is 18.3 Å². The van der Waals surface area contributed by atoms with E-state index < -0.39 is 23.9 Å². The third kappa shape index (κ3) is 3.24. The summed E-state index contributed by atoms with van der Waals surface area (Å²) in [7, 11) is 0. The molecule has 0 spiro atoms. The highest BCUT2D eigenvalue weighted by Gasteiger charge is 2.38. The molecule has 0 aliphatic carbocycles. The zero-order valence-corrected chi connectivity index (χ0v) is 11.6. The Morgan fingerprint density at radius 2 is 1.86 bits per heavy atom. The van der Waals surface area contributed by atoms with E-state index in [0.29, 0.717) is 0 Å². The van der Waals surface area contributed by atoms with Crippen LogP contribution in [-0.4, -0.2) is 26.0 Å². The van der Waals surface area contributed by atoms with Gasteiger partial charge in [0, 0.05) is 0 Å². The van der Waals surface area contributed by atoms with E-state index in [1.54, 1.807) is 13.8 Å². The molecule has 1 aromatic heterocycles. The van der Waals surface area contributed by atoms with Crippen LogP contribution in [-0.2, 0) is 6.18 Å². The van der Waals surface area contributed by atoms with E-state index in [-0.39, 0.29) is 11.5 Å². The van der Waals surface area contributed by atoms with Gasteiger partial charge in [0.1, 0.15) is 18.7 Å². The third-order valence-corrected chi connectivity index (χ3v) is 3.31. The summed E-state index contributed by atoms with van der Waals surface area (Å²) in [5.74, 6) is -0.236. The van der Waals surface area contributed by atoms with Gasteiger partial charge in [0.05, 0.1) is 11.7 Å². The molecule has 1 N–H and O–H groups in total. The number of nitrogens with zero attached hydrogens (tertiary/aromatic N) is 3. The molecule has 0 saturated heterocycles. The zero-order valence-electron chi connectivity index (χ0n) is 11.6. The van der Waals surface area contributed by atoms with Gasteiger partial charge < -0.3 is 5.11 Å². The molecule has 0 radical (unpaired) electrons. The number of aliphatic hydroxyl groups excluding tert-OH is 1. The van der Waals surface area contributed by atoms with Crippen LogP contribution in [0.3, 0.4) is 0 Å². The van der Waals surface area contributed by atoms with E-state index in [1.165, 1.54) is 35.5 Å². The van der Waals surface area contributed by atoms with Gasteiger partial charge in [0.15, 0.2) is 0 Å². The SMILES string of the molecule is CC(C)C(O)C(c1ccccc1C(F)(F)F)n1cncn1. The van der Waals surface area contributed by atoms with Crippen LogP contribution in [0.5, 0.6) is 0 Å². The van der Waals surface area contributed by atoms with Crippen LogP contribution in [0, 0.1) is 5.92 Å². The van der Waals surface area contributed by atoms with Crippen molar-refractivity contribution in [2.75, 3.05) is 0 Å². The fourth-order valence-electron chi connectivity index (χ4n) is 2.22. The minimum Gasteiger partial charge on any atom is -0.390 e. The van der Waals surface area contributed by atoms with Crippen molar-refractivity contribution in [1.82, 2.24) is 14.8 Å². The number of halogens is 3.